The molecule has 2 rings (SSSR count). The van der Waals surface area contributed by atoms with Gasteiger partial charge in [-0.15, -0.1) is 11.8 Å². The summed E-state index contributed by atoms with van der Waals surface area (Å²) < 4.78 is 23.0. The molecule has 0 aromatic heterocycles. The van der Waals surface area contributed by atoms with Crippen LogP contribution in [0.1, 0.15) is 116 Å². The van der Waals surface area contributed by atoms with Gasteiger partial charge in [-0.3, -0.25) is 38.0 Å². The van der Waals surface area contributed by atoms with Gasteiger partial charge in [0.15, 0.2) is 0 Å². The van der Waals surface area contributed by atoms with E-state index in [1.54, 1.807) is 6.92 Å². The van der Waals surface area contributed by atoms with Crippen molar-refractivity contribution in [1.82, 2.24) is 10.2 Å². The molecular weight excluding hydrogens is 798 g/mol. The van der Waals surface area contributed by atoms with Crippen molar-refractivity contribution in [3.05, 3.63) is 35.9 Å². The zero-order valence-electron chi connectivity index (χ0n) is 33.1. The minimum absolute atomic E-state index is 0.0332. The lowest BCUT2D eigenvalue weighted by molar-refractivity contribution is -0.138. The SMILES string of the molecule is CC(CCCCN)NC(=O)C(CC(=O)C(C)CC(=O)CCCCCN1C(=O)CC(SCCCC(=N)CCCC(O)(P(=O)(O)O)P(=O)(O)O)C1=O)Cc1ccccc1. The van der Waals surface area contributed by atoms with Crippen LogP contribution in [0.4, 0.5) is 0 Å². The van der Waals surface area contributed by atoms with Gasteiger partial charge in [-0.25, -0.2) is 0 Å². The Morgan fingerprint density at radius 2 is 1.58 bits per heavy atom. The maximum absolute atomic E-state index is 13.3. The van der Waals surface area contributed by atoms with Crippen molar-refractivity contribution in [1.29, 1.82) is 5.41 Å². The number of hydrogen-bond acceptors (Lipinski definition) is 11. The highest BCUT2D eigenvalue weighted by Crippen LogP contribution is 2.69. The van der Waals surface area contributed by atoms with E-state index in [4.69, 9.17) is 11.1 Å². The second-order valence-corrected chi connectivity index (χ2v) is 20.4. The number of nitrogens with two attached hydrogens (primary N) is 1. The third-order valence-corrected chi connectivity index (χ3v) is 15.3. The third kappa shape index (κ3) is 17.3. The average molecular weight is 861 g/mol. The Labute approximate surface area is 339 Å². The predicted molar refractivity (Wildman–Crippen MR) is 218 cm³/mol. The van der Waals surface area contributed by atoms with Gasteiger partial charge in [-0.05, 0) is 82.6 Å². The number of nitrogens with one attached hydrogen (secondary N) is 2. The minimum Gasteiger partial charge on any atom is -0.368 e. The van der Waals surface area contributed by atoms with Gasteiger partial charge in [0, 0.05) is 62.2 Å². The minimum atomic E-state index is -5.55. The molecule has 9 N–H and O–H groups in total. The number of hydrogen-bond donors (Lipinski definition) is 8. The lowest BCUT2D eigenvalue weighted by Gasteiger charge is -2.29. The summed E-state index contributed by atoms with van der Waals surface area (Å²) in [6, 6.07) is 9.47. The highest BCUT2D eigenvalue weighted by atomic mass is 32.2. The molecule has 1 fully saturated rings. The summed E-state index contributed by atoms with van der Waals surface area (Å²) in [7, 11) is -11.1. The Kier molecular flexibility index (Phi) is 21.7. The number of imide groups is 1. The molecule has 1 aliphatic heterocycles. The number of Topliss-reactive ketones (excluding diaryl/α,β-unsaturated/α-hetero) is 2. The van der Waals surface area contributed by atoms with E-state index in [-0.39, 0.29) is 92.5 Å². The van der Waals surface area contributed by atoms with Gasteiger partial charge in [0.05, 0.1) is 5.25 Å². The molecule has 0 saturated carbocycles. The Balaban J connectivity index is 1.71. The second kappa shape index (κ2) is 24.5. The van der Waals surface area contributed by atoms with Crippen LogP contribution in [0.5, 0.6) is 0 Å². The maximum Gasteiger partial charge on any atom is 0.369 e. The van der Waals surface area contributed by atoms with Crippen molar-refractivity contribution in [2.75, 3.05) is 18.8 Å². The van der Waals surface area contributed by atoms with E-state index in [1.165, 1.54) is 16.7 Å². The zero-order valence-corrected chi connectivity index (χ0v) is 35.7. The van der Waals surface area contributed by atoms with Gasteiger partial charge >= 0.3 is 15.2 Å². The number of carbonyl (C=O) groups excluding carboxylic acids is 5. The van der Waals surface area contributed by atoms with Crippen LogP contribution >= 0.6 is 27.0 Å². The summed E-state index contributed by atoms with van der Waals surface area (Å²) in [5.41, 5.74) is 6.69. The smallest absolute Gasteiger partial charge is 0.368 e. The highest BCUT2D eigenvalue weighted by Gasteiger charge is 2.58. The number of carbonyl (C=O) groups is 5. The molecule has 1 aliphatic rings. The molecule has 0 aliphatic carbocycles. The van der Waals surface area contributed by atoms with Crippen molar-refractivity contribution in [3.8, 4) is 0 Å². The number of aliphatic hydroxyl groups is 1. The fraction of sp³-hybridized carbons (Fsp3) is 0.684. The summed E-state index contributed by atoms with van der Waals surface area (Å²) in [6.45, 7) is 4.48. The van der Waals surface area contributed by atoms with E-state index in [9.17, 15) is 57.8 Å². The molecule has 0 radical (unpaired) electrons. The van der Waals surface area contributed by atoms with Crippen molar-refractivity contribution in [2.45, 2.75) is 133 Å². The number of nitrogens with zero attached hydrogens (tertiary/aromatic N) is 1. The molecule has 3 amide bonds. The maximum atomic E-state index is 13.3. The number of benzene rings is 1. The zero-order chi connectivity index (χ0) is 42.8. The van der Waals surface area contributed by atoms with Crippen LogP contribution in [0, 0.1) is 17.2 Å². The molecule has 1 saturated heterocycles. The van der Waals surface area contributed by atoms with E-state index >= 15 is 0 Å². The summed E-state index contributed by atoms with van der Waals surface area (Å²) in [5, 5.41) is 17.0. The van der Waals surface area contributed by atoms with E-state index in [1.807, 2.05) is 37.3 Å². The standard InChI is InChI=1S/C38H62N4O12P2S/c1-27(33(44)25-30(24-29-14-5-3-6-15-29)36(46)41-28(2)13-8-9-20-39)23-32(43)18-7-4-10-21-42-35(45)26-34(37(42)47)57-22-12-17-31(40)16-11-19-38(48,55(49,50)51)56(52,53)54/h3,5-6,14-15,27-28,30,34,40,48H,4,7-13,16-26,39H2,1-2H3,(H,41,46)(H2,49,50,51)(H2,52,53,54). The molecule has 0 bridgehead atoms. The van der Waals surface area contributed by atoms with Gasteiger partial charge in [0.25, 0.3) is 5.08 Å². The first kappa shape index (κ1) is 50.6. The molecule has 16 nitrogen and oxygen atoms in total. The van der Waals surface area contributed by atoms with Gasteiger partial charge < -0.3 is 41.1 Å². The monoisotopic (exact) mass is 860 g/mol. The van der Waals surface area contributed by atoms with Gasteiger partial charge in [0.2, 0.25) is 17.7 Å². The Bertz CT molecular complexity index is 1580. The topological polar surface area (TPSA) is 286 Å². The molecule has 1 aromatic rings. The molecule has 322 valence electrons. The lowest BCUT2D eigenvalue weighted by Crippen LogP contribution is -2.39. The second-order valence-electron chi connectivity index (χ2n) is 15.1. The molecule has 1 aromatic carbocycles. The number of likely N-dealkylation sites (tertiary alicyclic amines) is 1. The van der Waals surface area contributed by atoms with E-state index in [0.29, 0.717) is 44.4 Å². The summed E-state index contributed by atoms with van der Waals surface area (Å²) in [5.74, 6) is -1.60. The number of ketones is 2. The van der Waals surface area contributed by atoms with Gasteiger partial charge in [-0.1, -0.05) is 50.1 Å². The van der Waals surface area contributed by atoms with E-state index < -0.39 is 43.8 Å². The molecule has 57 heavy (non-hydrogen) atoms. The Morgan fingerprint density at radius 3 is 2.21 bits per heavy atom. The van der Waals surface area contributed by atoms with Crippen molar-refractivity contribution in [2.24, 2.45) is 17.6 Å². The number of thioether (sulfide) groups is 1. The summed E-state index contributed by atoms with van der Waals surface area (Å²) in [6.07, 6.45) is 4.61. The van der Waals surface area contributed by atoms with Crippen molar-refractivity contribution >= 4 is 62.0 Å². The lowest BCUT2D eigenvalue weighted by atomic mass is 9.87. The normalized spacial score (nSPS) is 16.7. The van der Waals surface area contributed by atoms with E-state index in [2.05, 4.69) is 5.32 Å². The molecule has 1 heterocycles. The van der Waals surface area contributed by atoms with Crippen molar-refractivity contribution < 1.29 is 57.8 Å². The van der Waals surface area contributed by atoms with Gasteiger partial charge in [0.1, 0.15) is 11.6 Å². The molecule has 4 unspecified atom stereocenters. The van der Waals surface area contributed by atoms with Crippen LogP contribution in [-0.2, 0) is 39.5 Å². The largest absolute Gasteiger partial charge is 0.369 e. The van der Waals surface area contributed by atoms with E-state index in [0.717, 1.165) is 24.8 Å². The summed E-state index contributed by atoms with van der Waals surface area (Å²) in [4.78, 5) is 103. The Morgan fingerprint density at radius 1 is 0.930 bits per heavy atom. The van der Waals surface area contributed by atoms with Gasteiger partial charge in [-0.2, -0.15) is 0 Å². The fourth-order valence-electron chi connectivity index (χ4n) is 6.61. The molecule has 4 atom stereocenters. The van der Waals surface area contributed by atoms with Crippen LogP contribution in [0.3, 0.4) is 0 Å². The van der Waals surface area contributed by atoms with Crippen LogP contribution < -0.4 is 11.1 Å². The predicted octanol–water partition coefficient (Wildman–Crippen LogP) is 4.43. The number of unbranched alkanes of at least 4 members (excludes halogenated alkanes) is 3. The van der Waals surface area contributed by atoms with Crippen LogP contribution in [0.2, 0.25) is 0 Å². The first-order valence-electron chi connectivity index (χ1n) is 19.6. The van der Waals surface area contributed by atoms with Crippen LogP contribution in [0.25, 0.3) is 0 Å². The third-order valence-electron chi connectivity index (χ3n) is 10.1. The summed E-state index contributed by atoms with van der Waals surface area (Å²) >= 11 is 1.29. The Hall–Kier alpha value is -2.59. The van der Waals surface area contributed by atoms with Crippen LogP contribution in [0.15, 0.2) is 30.3 Å². The molecule has 0 spiro atoms. The van der Waals surface area contributed by atoms with Crippen LogP contribution in [-0.4, -0.2) is 99.8 Å². The number of amides is 3. The van der Waals surface area contributed by atoms with Crippen molar-refractivity contribution in [3.63, 3.8) is 0 Å². The fourth-order valence-corrected chi connectivity index (χ4v) is 9.99. The quantitative estimate of drug-likeness (QED) is 0.0230. The first-order valence-corrected chi connectivity index (χ1v) is 23.9. The molecule has 19 heteroatoms. The average Bonchev–Trinajstić information content (AvgIpc) is 3.39. The highest BCUT2D eigenvalue weighted by molar-refractivity contribution is 8.00. The molecular formula is C38H62N4O12P2S. The first-order chi connectivity index (χ1) is 26.7. The number of rotatable bonds is 30.